The molecule has 0 atom stereocenters. The second kappa shape index (κ2) is 8.45. The number of pyridine rings is 1. The number of nitrogens with zero attached hydrogens (tertiary/aromatic N) is 3. The molecule has 1 aliphatic heterocycles. The van der Waals surface area contributed by atoms with E-state index < -0.39 is 6.36 Å². The molecule has 1 aromatic heterocycles. The number of benzene rings is 2. The Morgan fingerprint density at radius 1 is 1.10 bits per heavy atom. The highest BCUT2D eigenvalue weighted by Crippen LogP contribution is 2.30. The maximum Gasteiger partial charge on any atom is 0.573 e. The summed E-state index contributed by atoms with van der Waals surface area (Å²) in [5, 5.41) is 0.836. The van der Waals surface area contributed by atoms with E-state index in [0.717, 1.165) is 36.8 Å². The molecule has 0 N–H and O–H groups in total. The minimum atomic E-state index is -4.80. The highest BCUT2D eigenvalue weighted by atomic mass is 19.4. The van der Waals surface area contributed by atoms with Crippen molar-refractivity contribution in [1.29, 1.82) is 0 Å². The molecule has 8 heteroatoms. The summed E-state index contributed by atoms with van der Waals surface area (Å²) in [5.41, 5.74) is 1.51. The van der Waals surface area contributed by atoms with Gasteiger partial charge in [0.05, 0.1) is 11.1 Å². The van der Waals surface area contributed by atoms with Crippen LogP contribution in [0.2, 0.25) is 0 Å². The second-order valence-corrected chi connectivity index (χ2v) is 7.56. The highest BCUT2D eigenvalue weighted by Gasteiger charge is 2.32. The molecule has 162 valence electrons. The van der Waals surface area contributed by atoms with Crippen molar-refractivity contribution in [3.8, 4) is 5.75 Å². The largest absolute Gasteiger partial charge is 0.573 e. The molecule has 0 aliphatic carbocycles. The number of carbonyl (C=O) groups is 1. The van der Waals surface area contributed by atoms with Crippen molar-refractivity contribution in [2.45, 2.75) is 25.7 Å². The molecular formula is C23H22F3N3O2. The fraction of sp³-hybridized carbons (Fsp3) is 0.304. The molecule has 0 saturated carbocycles. The Bertz CT molecular complexity index is 1090. The lowest BCUT2D eigenvalue weighted by molar-refractivity contribution is -0.275. The minimum Gasteiger partial charge on any atom is -0.405 e. The van der Waals surface area contributed by atoms with E-state index in [2.05, 4.69) is 9.64 Å². The van der Waals surface area contributed by atoms with Gasteiger partial charge in [0.25, 0.3) is 5.91 Å². The molecule has 31 heavy (non-hydrogen) atoms. The average molecular weight is 429 g/mol. The molecular weight excluding hydrogens is 407 g/mol. The van der Waals surface area contributed by atoms with Crippen LogP contribution in [-0.4, -0.2) is 42.3 Å². The number of fused-ring (bicyclic) bond motifs is 1. The highest BCUT2D eigenvalue weighted by molar-refractivity contribution is 6.02. The van der Waals surface area contributed by atoms with Gasteiger partial charge in [0, 0.05) is 37.6 Å². The van der Waals surface area contributed by atoms with Gasteiger partial charge >= 0.3 is 6.36 Å². The van der Waals surface area contributed by atoms with Gasteiger partial charge in [-0.3, -0.25) is 4.79 Å². The van der Waals surface area contributed by atoms with Gasteiger partial charge in [-0.05, 0) is 31.0 Å². The van der Waals surface area contributed by atoms with E-state index in [1.54, 1.807) is 13.1 Å². The third kappa shape index (κ3) is 4.73. The Morgan fingerprint density at radius 2 is 1.77 bits per heavy atom. The van der Waals surface area contributed by atoms with Crippen LogP contribution in [0.1, 0.15) is 28.8 Å². The predicted molar refractivity (Wildman–Crippen MR) is 112 cm³/mol. The molecule has 0 unspecified atom stereocenters. The summed E-state index contributed by atoms with van der Waals surface area (Å²) in [6.45, 7) is 1.60. The average Bonchev–Trinajstić information content (AvgIpc) is 3.27. The van der Waals surface area contributed by atoms with Gasteiger partial charge < -0.3 is 14.5 Å². The molecule has 3 aromatic rings. The van der Waals surface area contributed by atoms with Crippen LogP contribution in [0.4, 0.5) is 19.0 Å². The molecule has 1 fully saturated rings. The van der Waals surface area contributed by atoms with Crippen LogP contribution in [-0.2, 0) is 6.54 Å². The Hall–Kier alpha value is -3.29. The molecule has 4 rings (SSSR count). The van der Waals surface area contributed by atoms with Crippen LogP contribution < -0.4 is 9.64 Å². The van der Waals surface area contributed by atoms with Crippen molar-refractivity contribution in [2.24, 2.45) is 0 Å². The van der Waals surface area contributed by atoms with E-state index in [9.17, 15) is 18.0 Å². The molecule has 0 radical (unpaired) electrons. The lowest BCUT2D eigenvalue weighted by Crippen LogP contribution is -2.30. The first-order valence-electron chi connectivity index (χ1n) is 10.1. The van der Waals surface area contributed by atoms with Crippen LogP contribution in [0.3, 0.4) is 0 Å². The van der Waals surface area contributed by atoms with Crippen molar-refractivity contribution >= 4 is 22.6 Å². The van der Waals surface area contributed by atoms with Crippen LogP contribution in [0, 0.1) is 0 Å². The SMILES string of the molecule is CN(Cc1ccccc1OC(F)(F)F)C(=O)c1cc2ccccc2nc1N1CCCC1. The molecule has 0 bridgehead atoms. The van der Waals surface area contributed by atoms with E-state index in [1.807, 2.05) is 30.3 Å². The summed E-state index contributed by atoms with van der Waals surface area (Å²) in [5.74, 6) is 0.000828. The van der Waals surface area contributed by atoms with Gasteiger partial charge in [-0.2, -0.15) is 0 Å². The third-order valence-electron chi connectivity index (χ3n) is 5.29. The summed E-state index contributed by atoms with van der Waals surface area (Å²) in [7, 11) is 1.57. The number of hydrogen-bond donors (Lipinski definition) is 0. The van der Waals surface area contributed by atoms with Crippen molar-refractivity contribution in [2.75, 3.05) is 25.0 Å². The van der Waals surface area contributed by atoms with Crippen molar-refractivity contribution in [3.05, 3.63) is 65.7 Å². The van der Waals surface area contributed by atoms with Crippen molar-refractivity contribution in [1.82, 2.24) is 9.88 Å². The standard InChI is InChI=1S/C23H22F3N3O2/c1-28(15-17-9-3-5-11-20(17)31-23(24,25)26)22(30)18-14-16-8-2-4-10-19(16)27-21(18)29-12-6-7-13-29/h2-5,8-11,14H,6-7,12-13,15H2,1H3. The van der Waals surface area contributed by atoms with Gasteiger partial charge in [-0.1, -0.05) is 36.4 Å². The number of carbonyl (C=O) groups excluding carboxylic acids is 1. The normalized spacial score (nSPS) is 14.1. The molecule has 1 amide bonds. The minimum absolute atomic E-state index is 0.0304. The zero-order valence-electron chi connectivity index (χ0n) is 17.0. The monoisotopic (exact) mass is 429 g/mol. The van der Waals surface area contributed by atoms with Crippen molar-refractivity contribution in [3.63, 3.8) is 0 Å². The summed E-state index contributed by atoms with van der Waals surface area (Å²) in [6, 6.07) is 15.2. The molecule has 2 aromatic carbocycles. The van der Waals surface area contributed by atoms with Gasteiger partial charge in [-0.25, -0.2) is 4.98 Å². The summed E-state index contributed by atoms with van der Waals surface area (Å²) >= 11 is 0. The zero-order chi connectivity index (χ0) is 22.0. The Kier molecular flexibility index (Phi) is 5.71. The zero-order valence-corrected chi connectivity index (χ0v) is 17.0. The Labute approximate surface area is 178 Å². The van der Waals surface area contributed by atoms with Crippen LogP contribution in [0.15, 0.2) is 54.6 Å². The molecule has 1 saturated heterocycles. The first-order valence-corrected chi connectivity index (χ1v) is 10.1. The first kappa shape index (κ1) is 21.0. The summed E-state index contributed by atoms with van der Waals surface area (Å²) in [6.07, 6.45) is -2.75. The van der Waals surface area contributed by atoms with Crippen molar-refractivity contribution < 1.29 is 22.7 Å². The maximum absolute atomic E-state index is 13.4. The van der Waals surface area contributed by atoms with E-state index in [1.165, 1.54) is 23.1 Å². The number of amides is 1. The molecule has 2 heterocycles. The van der Waals surface area contributed by atoms with Gasteiger partial charge in [0.1, 0.15) is 11.6 Å². The number of anilines is 1. The summed E-state index contributed by atoms with van der Waals surface area (Å²) in [4.78, 5) is 21.6. The number of alkyl halides is 3. The van der Waals surface area contributed by atoms with Crippen LogP contribution >= 0.6 is 0 Å². The Balaban J connectivity index is 1.66. The second-order valence-electron chi connectivity index (χ2n) is 7.56. The van der Waals surface area contributed by atoms with Crippen LogP contribution in [0.25, 0.3) is 10.9 Å². The number of para-hydroxylation sites is 2. The predicted octanol–water partition coefficient (Wildman–Crippen LogP) is 5.01. The topological polar surface area (TPSA) is 45.7 Å². The number of halogens is 3. The van der Waals surface area contributed by atoms with Crippen LogP contribution in [0.5, 0.6) is 5.75 Å². The number of ether oxygens (including phenoxy) is 1. The van der Waals surface area contributed by atoms with E-state index in [0.29, 0.717) is 11.4 Å². The fourth-order valence-corrected chi connectivity index (χ4v) is 3.82. The van der Waals surface area contributed by atoms with Gasteiger partial charge in [-0.15, -0.1) is 13.2 Å². The molecule has 0 spiro atoms. The fourth-order valence-electron chi connectivity index (χ4n) is 3.82. The quantitative estimate of drug-likeness (QED) is 0.572. The molecule has 5 nitrogen and oxygen atoms in total. The smallest absolute Gasteiger partial charge is 0.405 e. The Morgan fingerprint density at radius 3 is 2.52 bits per heavy atom. The number of rotatable bonds is 5. The lowest BCUT2D eigenvalue weighted by atomic mass is 10.1. The van der Waals surface area contributed by atoms with Gasteiger partial charge in [0.15, 0.2) is 0 Å². The van der Waals surface area contributed by atoms with E-state index in [4.69, 9.17) is 4.98 Å². The maximum atomic E-state index is 13.4. The third-order valence-corrected chi connectivity index (χ3v) is 5.29. The number of hydrogen-bond acceptors (Lipinski definition) is 4. The van der Waals surface area contributed by atoms with E-state index in [-0.39, 0.29) is 23.8 Å². The first-order chi connectivity index (χ1) is 14.8. The number of aromatic nitrogens is 1. The summed E-state index contributed by atoms with van der Waals surface area (Å²) < 4.78 is 42.3. The lowest BCUT2D eigenvalue weighted by Gasteiger charge is -2.24. The van der Waals surface area contributed by atoms with Gasteiger partial charge in [0.2, 0.25) is 0 Å². The van der Waals surface area contributed by atoms with E-state index >= 15 is 0 Å². The molecule has 1 aliphatic rings.